The number of aromatic nitrogens is 2. The van der Waals surface area contributed by atoms with E-state index in [9.17, 15) is 37.4 Å². The number of carboxylic acids is 1. The predicted octanol–water partition coefficient (Wildman–Crippen LogP) is 7.38. The number of benzene rings is 1. The van der Waals surface area contributed by atoms with Crippen molar-refractivity contribution >= 4 is 35.1 Å². The highest BCUT2D eigenvalue weighted by molar-refractivity contribution is 6.36. The van der Waals surface area contributed by atoms with Gasteiger partial charge in [-0.15, -0.1) is 0 Å². The first-order valence-electron chi connectivity index (χ1n) is 14.1. The molecule has 232 valence electrons. The van der Waals surface area contributed by atoms with Gasteiger partial charge in [0.05, 0.1) is 40.4 Å². The average Bonchev–Trinajstić information content (AvgIpc) is 3.31. The number of carboxylic acid groups (broad SMARTS) is 1. The van der Waals surface area contributed by atoms with E-state index in [-0.39, 0.29) is 33.5 Å². The number of halogens is 6. The van der Waals surface area contributed by atoms with Gasteiger partial charge in [-0.1, -0.05) is 37.0 Å². The molecule has 2 aliphatic carbocycles. The quantitative estimate of drug-likeness (QED) is 0.295. The van der Waals surface area contributed by atoms with Crippen LogP contribution < -0.4 is 0 Å². The third kappa shape index (κ3) is 7.39. The number of hydrogen-bond acceptors (Lipinski definition) is 4. The van der Waals surface area contributed by atoms with Crippen molar-refractivity contribution in [1.82, 2.24) is 14.7 Å². The van der Waals surface area contributed by atoms with Crippen LogP contribution in [0.5, 0.6) is 0 Å². The minimum absolute atomic E-state index is 0.00490. The Morgan fingerprint density at radius 2 is 1.67 bits per heavy atom. The largest absolute Gasteiger partial charge is 0.481 e. The molecule has 0 bridgehead atoms. The molecule has 2 N–H and O–H groups in total. The maximum atomic E-state index is 14.5. The maximum absolute atomic E-state index is 14.5. The average molecular weight is 637 g/mol. The van der Waals surface area contributed by atoms with E-state index in [1.54, 1.807) is 0 Å². The van der Waals surface area contributed by atoms with Crippen LogP contribution in [0.25, 0.3) is 0 Å². The second-order valence-corrected chi connectivity index (χ2v) is 13.1. The molecule has 0 aliphatic heterocycles. The Labute approximate surface area is 251 Å². The van der Waals surface area contributed by atoms with E-state index in [0.717, 1.165) is 35.9 Å². The SMILES string of the molecule is CC1(C)CCC(N(C[C@H](O)c2c(Cl)cc(F)cc2Cl)C(=O)c2cnn(CC3CCC(C(=O)O)CC3)c2C(F)(F)F)CC1. The Hall–Kier alpha value is -2.37. The van der Waals surface area contributed by atoms with Crippen LogP contribution in [0.15, 0.2) is 18.3 Å². The first-order chi connectivity index (χ1) is 19.6. The highest BCUT2D eigenvalue weighted by Crippen LogP contribution is 2.41. The molecule has 1 atom stereocenters. The summed E-state index contributed by atoms with van der Waals surface area (Å²) in [6.07, 6.45) is -1.39. The van der Waals surface area contributed by atoms with Gasteiger partial charge >= 0.3 is 12.1 Å². The summed E-state index contributed by atoms with van der Waals surface area (Å²) in [4.78, 5) is 26.5. The Balaban J connectivity index is 1.65. The van der Waals surface area contributed by atoms with Gasteiger partial charge in [-0.3, -0.25) is 14.3 Å². The van der Waals surface area contributed by atoms with Crippen molar-refractivity contribution in [2.75, 3.05) is 6.54 Å². The smallest absolute Gasteiger partial charge is 0.433 e. The van der Waals surface area contributed by atoms with Gasteiger partial charge < -0.3 is 15.1 Å². The number of aliphatic hydroxyl groups excluding tert-OH is 1. The minimum atomic E-state index is -4.90. The number of carbonyl (C=O) groups is 2. The third-order valence-corrected chi connectivity index (χ3v) is 9.35. The first kappa shape index (κ1) is 32.5. The molecule has 1 aromatic carbocycles. The van der Waals surface area contributed by atoms with Gasteiger partial charge in [0.25, 0.3) is 5.91 Å². The van der Waals surface area contributed by atoms with E-state index in [4.69, 9.17) is 23.2 Å². The normalized spacial score (nSPS) is 22.1. The van der Waals surface area contributed by atoms with Gasteiger partial charge in [0, 0.05) is 18.2 Å². The number of aliphatic carboxylic acids is 1. The topological polar surface area (TPSA) is 95.7 Å². The van der Waals surface area contributed by atoms with E-state index in [1.165, 1.54) is 4.90 Å². The van der Waals surface area contributed by atoms with Crippen molar-refractivity contribution in [3.63, 3.8) is 0 Å². The van der Waals surface area contributed by atoms with Gasteiger partial charge in [0.1, 0.15) is 5.82 Å². The van der Waals surface area contributed by atoms with E-state index < -0.39 is 59.7 Å². The van der Waals surface area contributed by atoms with E-state index in [2.05, 4.69) is 18.9 Å². The van der Waals surface area contributed by atoms with Crippen molar-refractivity contribution in [3.8, 4) is 0 Å². The Morgan fingerprint density at radius 3 is 2.19 bits per heavy atom. The zero-order chi connectivity index (χ0) is 31.0. The summed E-state index contributed by atoms with van der Waals surface area (Å²) in [5.74, 6) is -3.29. The lowest BCUT2D eigenvalue weighted by Crippen LogP contribution is -2.46. The Kier molecular flexibility index (Phi) is 9.84. The molecule has 2 fully saturated rings. The number of alkyl halides is 3. The molecule has 0 unspecified atom stereocenters. The second kappa shape index (κ2) is 12.7. The molecule has 42 heavy (non-hydrogen) atoms. The lowest BCUT2D eigenvalue weighted by Gasteiger charge is -2.41. The molecule has 2 saturated carbocycles. The van der Waals surface area contributed by atoms with Crippen LogP contribution in [0.1, 0.15) is 92.9 Å². The van der Waals surface area contributed by atoms with Gasteiger partial charge in [0.15, 0.2) is 5.69 Å². The third-order valence-electron chi connectivity index (χ3n) is 8.72. The van der Waals surface area contributed by atoms with Crippen LogP contribution in [0.4, 0.5) is 17.6 Å². The zero-order valence-corrected chi connectivity index (χ0v) is 24.9. The maximum Gasteiger partial charge on any atom is 0.433 e. The molecule has 0 spiro atoms. The molecular formula is C29H35Cl2F4N3O4. The molecule has 1 aromatic heterocycles. The summed E-state index contributed by atoms with van der Waals surface area (Å²) in [5.41, 5.74) is -1.83. The number of hydrogen-bond donors (Lipinski definition) is 2. The standard InChI is InChI=1S/C29H35Cl2F4N3O4/c1-28(2)9-7-19(8-10-28)37(15-23(39)24-21(30)11-18(32)12-22(24)31)26(40)20-13-36-38(25(20)29(33,34)35)14-16-3-5-17(6-4-16)27(41)42/h11-13,16-17,19,23,39H,3-10,14-15H2,1-2H3,(H,41,42)/t16?,17?,23-/m0/s1. The number of nitrogens with zero attached hydrogens (tertiary/aromatic N) is 3. The zero-order valence-electron chi connectivity index (χ0n) is 23.4. The monoisotopic (exact) mass is 635 g/mol. The van der Waals surface area contributed by atoms with Gasteiger partial charge in [-0.05, 0) is 74.8 Å². The van der Waals surface area contributed by atoms with Crippen LogP contribution in [-0.4, -0.2) is 49.4 Å². The summed E-state index contributed by atoms with van der Waals surface area (Å²) in [7, 11) is 0. The second-order valence-electron chi connectivity index (χ2n) is 12.3. The highest BCUT2D eigenvalue weighted by atomic mass is 35.5. The van der Waals surface area contributed by atoms with E-state index in [0.29, 0.717) is 38.5 Å². The van der Waals surface area contributed by atoms with Gasteiger partial charge in [0.2, 0.25) is 0 Å². The van der Waals surface area contributed by atoms with Crippen molar-refractivity contribution in [1.29, 1.82) is 0 Å². The molecule has 1 amide bonds. The molecule has 0 saturated heterocycles. The summed E-state index contributed by atoms with van der Waals surface area (Å²) >= 11 is 12.3. The molecule has 2 aromatic rings. The molecule has 2 aliphatic rings. The lowest BCUT2D eigenvalue weighted by molar-refractivity contribution is -0.145. The molecule has 4 rings (SSSR count). The lowest BCUT2D eigenvalue weighted by atomic mass is 9.75. The fraction of sp³-hybridized carbons (Fsp3) is 0.621. The predicted molar refractivity (Wildman–Crippen MR) is 149 cm³/mol. The van der Waals surface area contributed by atoms with E-state index in [1.807, 2.05) is 0 Å². The van der Waals surface area contributed by atoms with Gasteiger partial charge in [-0.2, -0.15) is 18.3 Å². The molecular weight excluding hydrogens is 601 g/mol. The summed E-state index contributed by atoms with van der Waals surface area (Å²) in [5, 5.41) is 24.0. The molecule has 7 nitrogen and oxygen atoms in total. The Morgan fingerprint density at radius 1 is 1.10 bits per heavy atom. The van der Waals surface area contributed by atoms with Crippen molar-refractivity contribution in [2.45, 2.75) is 90.1 Å². The summed E-state index contributed by atoms with van der Waals surface area (Å²) < 4.78 is 58.0. The first-order valence-corrected chi connectivity index (χ1v) is 14.8. The van der Waals surface area contributed by atoms with Gasteiger partial charge in [-0.25, -0.2) is 4.39 Å². The van der Waals surface area contributed by atoms with Crippen molar-refractivity contribution in [3.05, 3.63) is 51.0 Å². The summed E-state index contributed by atoms with van der Waals surface area (Å²) in [6, 6.07) is 1.47. The number of aliphatic hydroxyl groups is 1. The van der Waals surface area contributed by atoms with Crippen LogP contribution in [0, 0.1) is 23.1 Å². The molecule has 0 radical (unpaired) electrons. The number of amides is 1. The summed E-state index contributed by atoms with van der Waals surface area (Å²) in [6.45, 7) is 3.65. The van der Waals surface area contributed by atoms with E-state index >= 15 is 0 Å². The molecule has 1 heterocycles. The fourth-order valence-electron chi connectivity index (χ4n) is 6.21. The van der Waals surface area contributed by atoms with Crippen molar-refractivity contribution < 1.29 is 37.4 Å². The fourth-order valence-corrected chi connectivity index (χ4v) is 6.93. The Bertz CT molecular complexity index is 1280. The minimum Gasteiger partial charge on any atom is -0.481 e. The van der Waals surface area contributed by atoms with Crippen LogP contribution in [0.2, 0.25) is 10.0 Å². The highest BCUT2D eigenvalue weighted by Gasteiger charge is 2.43. The van der Waals surface area contributed by atoms with Crippen LogP contribution >= 0.6 is 23.2 Å². The van der Waals surface area contributed by atoms with Crippen molar-refractivity contribution in [2.24, 2.45) is 17.3 Å². The van der Waals surface area contributed by atoms with Crippen LogP contribution in [-0.2, 0) is 17.5 Å². The molecule has 13 heteroatoms. The number of carbonyl (C=O) groups excluding carboxylic acids is 1. The van der Waals surface area contributed by atoms with Crippen LogP contribution in [0.3, 0.4) is 0 Å². The number of rotatable bonds is 8.